The van der Waals surface area contributed by atoms with Crippen LogP contribution in [0, 0.1) is 0 Å². The van der Waals surface area contributed by atoms with Crippen LogP contribution in [-0.2, 0) is 9.53 Å². The van der Waals surface area contributed by atoms with Crippen LogP contribution in [0.5, 0.6) is 0 Å². The van der Waals surface area contributed by atoms with E-state index in [-0.39, 0.29) is 6.04 Å². The van der Waals surface area contributed by atoms with Gasteiger partial charge in [0.2, 0.25) is 5.91 Å². The fourth-order valence-electron chi connectivity index (χ4n) is 0.838. The Labute approximate surface area is 94.5 Å². The van der Waals surface area contributed by atoms with Gasteiger partial charge in [0.25, 0.3) is 0 Å². The van der Waals surface area contributed by atoms with Crippen molar-refractivity contribution in [1.82, 2.24) is 10.6 Å². The number of rotatable bonds is 5. The molecular formula is C9H17ClN2O3. The first-order chi connectivity index (χ1) is 6.97. The van der Waals surface area contributed by atoms with E-state index in [4.69, 9.17) is 16.3 Å². The molecule has 0 aromatic heterocycles. The molecule has 0 bridgehead atoms. The third-order valence-electron chi connectivity index (χ3n) is 1.73. The first-order valence-electron chi connectivity index (χ1n) is 4.71. The Bertz CT molecular complexity index is 221. The number of hydrogen-bond donors (Lipinski definition) is 2. The summed E-state index contributed by atoms with van der Waals surface area (Å²) in [5.74, 6) is -0.506. The molecule has 3 amide bonds. The van der Waals surface area contributed by atoms with E-state index in [1.807, 2.05) is 6.92 Å². The van der Waals surface area contributed by atoms with Crippen LogP contribution in [0.3, 0.4) is 0 Å². The minimum Gasteiger partial charge on any atom is -0.385 e. The van der Waals surface area contributed by atoms with E-state index in [1.54, 1.807) is 7.11 Å². The van der Waals surface area contributed by atoms with Crippen molar-refractivity contribution in [3.8, 4) is 0 Å². The summed E-state index contributed by atoms with van der Waals surface area (Å²) in [4.78, 5) is 22.2. The lowest BCUT2D eigenvalue weighted by Crippen LogP contribution is -2.45. The molecule has 88 valence electrons. The average molecular weight is 237 g/mol. The van der Waals surface area contributed by atoms with Gasteiger partial charge >= 0.3 is 6.03 Å². The number of hydrogen-bond acceptors (Lipinski definition) is 3. The van der Waals surface area contributed by atoms with Crippen molar-refractivity contribution >= 4 is 23.5 Å². The first kappa shape index (κ1) is 14.2. The molecule has 0 fully saturated rings. The van der Waals surface area contributed by atoms with Crippen LogP contribution >= 0.6 is 11.6 Å². The lowest BCUT2D eigenvalue weighted by molar-refractivity contribution is -0.119. The highest BCUT2D eigenvalue weighted by Gasteiger charge is 2.14. The lowest BCUT2D eigenvalue weighted by atomic mass is 10.2. The third kappa shape index (κ3) is 7.16. The predicted molar refractivity (Wildman–Crippen MR) is 57.9 cm³/mol. The fraction of sp³-hybridized carbons (Fsp3) is 0.778. The molecule has 2 unspecified atom stereocenters. The monoisotopic (exact) mass is 236 g/mol. The Kier molecular flexibility index (Phi) is 7.07. The standard InChI is InChI=1S/C9H17ClN2O3/c1-6(4-5-15-3)11-9(14)12-8(13)7(2)10/h6-7H,4-5H2,1-3H3,(H2,11,12,13,14). The highest BCUT2D eigenvalue weighted by atomic mass is 35.5. The van der Waals surface area contributed by atoms with E-state index in [0.717, 1.165) is 0 Å². The lowest BCUT2D eigenvalue weighted by Gasteiger charge is -2.13. The van der Waals surface area contributed by atoms with Gasteiger partial charge in [0, 0.05) is 19.8 Å². The maximum atomic E-state index is 11.2. The quantitative estimate of drug-likeness (QED) is 0.696. The molecule has 0 aromatic rings. The highest BCUT2D eigenvalue weighted by Crippen LogP contribution is 1.93. The van der Waals surface area contributed by atoms with Gasteiger partial charge < -0.3 is 10.1 Å². The summed E-state index contributed by atoms with van der Waals surface area (Å²) in [5, 5.41) is 4.00. The van der Waals surface area contributed by atoms with Crippen LogP contribution < -0.4 is 10.6 Å². The molecule has 2 N–H and O–H groups in total. The maximum absolute atomic E-state index is 11.2. The number of methoxy groups -OCH3 is 1. The molecule has 0 aliphatic carbocycles. The zero-order chi connectivity index (χ0) is 11.8. The zero-order valence-electron chi connectivity index (χ0n) is 9.17. The van der Waals surface area contributed by atoms with Crippen molar-refractivity contribution < 1.29 is 14.3 Å². The number of nitrogens with one attached hydrogen (secondary N) is 2. The number of halogens is 1. The minimum absolute atomic E-state index is 0.0524. The van der Waals surface area contributed by atoms with Gasteiger partial charge in [-0.3, -0.25) is 10.1 Å². The normalized spacial score (nSPS) is 14.1. The minimum atomic E-state index is -0.718. The Morgan fingerprint density at radius 1 is 1.40 bits per heavy atom. The highest BCUT2D eigenvalue weighted by molar-refractivity contribution is 6.31. The molecule has 0 rings (SSSR count). The SMILES string of the molecule is COCCC(C)NC(=O)NC(=O)C(C)Cl. The average Bonchev–Trinajstić information content (AvgIpc) is 2.14. The van der Waals surface area contributed by atoms with Crippen LogP contribution in [0.1, 0.15) is 20.3 Å². The summed E-state index contributed by atoms with van der Waals surface area (Å²) < 4.78 is 4.85. The Morgan fingerprint density at radius 2 is 2.00 bits per heavy atom. The Morgan fingerprint density at radius 3 is 2.47 bits per heavy atom. The van der Waals surface area contributed by atoms with E-state index in [0.29, 0.717) is 13.0 Å². The summed E-state index contributed by atoms with van der Waals surface area (Å²) in [6, 6.07) is -0.584. The summed E-state index contributed by atoms with van der Waals surface area (Å²) in [6.45, 7) is 3.88. The summed E-state index contributed by atoms with van der Waals surface area (Å²) >= 11 is 5.48. The van der Waals surface area contributed by atoms with Crippen molar-refractivity contribution in [2.75, 3.05) is 13.7 Å². The molecule has 6 heteroatoms. The van der Waals surface area contributed by atoms with Crippen molar-refractivity contribution in [3.63, 3.8) is 0 Å². The maximum Gasteiger partial charge on any atom is 0.321 e. The smallest absolute Gasteiger partial charge is 0.321 e. The molecule has 0 aliphatic heterocycles. The van der Waals surface area contributed by atoms with E-state index < -0.39 is 17.3 Å². The molecule has 0 aliphatic rings. The molecule has 2 atom stereocenters. The van der Waals surface area contributed by atoms with Gasteiger partial charge in [-0.1, -0.05) is 0 Å². The number of carbonyl (C=O) groups excluding carboxylic acids is 2. The van der Waals surface area contributed by atoms with E-state index in [2.05, 4.69) is 10.6 Å². The summed E-state index contributed by atoms with van der Waals surface area (Å²) in [6.07, 6.45) is 0.689. The van der Waals surface area contributed by atoms with E-state index >= 15 is 0 Å². The molecule has 0 heterocycles. The predicted octanol–water partition coefficient (Wildman–Crippen LogP) is 0.865. The molecule has 0 spiro atoms. The number of alkyl halides is 1. The van der Waals surface area contributed by atoms with Gasteiger partial charge in [-0.2, -0.15) is 0 Å². The second kappa shape index (κ2) is 7.48. The number of ether oxygens (including phenoxy) is 1. The Hall–Kier alpha value is -0.810. The molecule has 0 aromatic carbocycles. The van der Waals surface area contributed by atoms with Crippen LogP contribution in [0.2, 0.25) is 0 Å². The van der Waals surface area contributed by atoms with Gasteiger partial charge in [-0.25, -0.2) is 4.79 Å². The van der Waals surface area contributed by atoms with Crippen molar-refractivity contribution in [1.29, 1.82) is 0 Å². The number of carbonyl (C=O) groups is 2. The second-order valence-corrected chi connectivity index (χ2v) is 3.92. The summed E-state index contributed by atoms with van der Waals surface area (Å²) in [7, 11) is 1.59. The first-order valence-corrected chi connectivity index (χ1v) is 5.15. The van der Waals surface area contributed by atoms with Gasteiger partial charge in [0.15, 0.2) is 0 Å². The van der Waals surface area contributed by atoms with Crippen LogP contribution in [0.25, 0.3) is 0 Å². The van der Waals surface area contributed by atoms with Crippen molar-refractivity contribution in [2.24, 2.45) is 0 Å². The number of urea groups is 1. The van der Waals surface area contributed by atoms with Gasteiger partial charge in [0.1, 0.15) is 5.38 Å². The molecule has 0 saturated carbocycles. The number of amides is 3. The topological polar surface area (TPSA) is 67.4 Å². The molecule has 0 saturated heterocycles. The largest absolute Gasteiger partial charge is 0.385 e. The molecule has 15 heavy (non-hydrogen) atoms. The fourth-order valence-corrected chi connectivity index (χ4v) is 0.893. The van der Waals surface area contributed by atoms with Crippen LogP contribution in [-0.4, -0.2) is 37.1 Å². The second-order valence-electron chi connectivity index (χ2n) is 3.26. The van der Waals surface area contributed by atoms with E-state index in [9.17, 15) is 9.59 Å². The molecule has 5 nitrogen and oxygen atoms in total. The van der Waals surface area contributed by atoms with Crippen LogP contribution in [0.15, 0.2) is 0 Å². The van der Waals surface area contributed by atoms with Crippen molar-refractivity contribution in [2.45, 2.75) is 31.7 Å². The van der Waals surface area contributed by atoms with Crippen LogP contribution in [0.4, 0.5) is 4.79 Å². The van der Waals surface area contributed by atoms with Gasteiger partial charge in [0.05, 0.1) is 0 Å². The van der Waals surface area contributed by atoms with Gasteiger partial charge in [-0.05, 0) is 20.3 Å². The zero-order valence-corrected chi connectivity index (χ0v) is 9.93. The Balaban J connectivity index is 3.78. The summed E-state index contributed by atoms with van der Waals surface area (Å²) in [5.41, 5.74) is 0. The third-order valence-corrected chi connectivity index (χ3v) is 1.93. The van der Waals surface area contributed by atoms with Gasteiger partial charge in [-0.15, -0.1) is 11.6 Å². The molecular weight excluding hydrogens is 220 g/mol. The van der Waals surface area contributed by atoms with E-state index in [1.165, 1.54) is 6.92 Å². The van der Waals surface area contributed by atoms with Crippen molar-refractivity contribution in [3.05, 3.63) is 0 Å². The molecule has 0 radical (unpaired) electrons. The number of imide groups is 1.